The lowest BCUT2D eigenvalue weighted by Crippen LogP contribution is -2.40. The van der Waals surface area contributed by atoms with Gasteiger partial charge in [-0.15, -0.1) is 0 Å². The minimum atomic E-state index is 0.132. The van der Waals surface area contributed by atoms with E-state index in [0.29, 0.717) is 13.0 Å². The van der Waals surface area contributed by atoms with E-state index in [9.17, 15) is 0 Å². The molecule has 2 unspecified atom stereocenters. The normalized spacial score (nSPS) is 15.0. The van der Waals surface area contributed by atoms with Gasteiger partial charge in [0, 0.05) is 18.5 Å². The van der Waals surface area contributed by atoms with Crippen molar-refractivity contribution in [2.24, 2.45) is 10.9 Å². The zero-order chi connectivity index (χ0) is 14.3. The van der Waals surface area contributed by atoms with Crippen molar-refractivity contribution in [1.29, 1.82) is 0 Å². The molecule has 5 nitrogen and oxygen atoms in total. The molecule has 5 heteroatoms. The van der Waals surface area contributed by atoms with E-state index in [1.807, 2.05) is 45.0 Å². The third-order valence-electron chi connectivity index (χ3n) is 2.73. The predicted molar refractivity (Wildman–Crippen MR) is 76.8 cm³/mol. The zero-order valence-electron chi connectivity index (χ0n) is 11.8. The lowest BCUT2D eigenvalue weighted by atomic mass is 10.2. The molecule has 0 fully saturated rings. The van der Waals surface area contributed by atoms with Crippen LogP contribution in [0.3, 0.4) is 0 Å². The molecule has 106 valence electrons. The van der Waals surface area contributed by atoms with Crippen molar-refractivity contribution in [2.45, 2.75) is 39.3 Å². The molecule has 1 aromatic carbocycles. The summed E-state index contributed by atoms with van der Waals surface area (Å²) in [7, 11) is 0. The van der Waals surface area contributed by atoms with Crippen molar-refractivity contribution in [3.05, 3.63) is 29.8 Å². The maximum Gasteiger partial charge on any atom is 0.140 e. The number of oxime groups is 1. The Labute approximate surface area is 114 Å². The highest BCUT2D eigenvalue weighted by Crippen LogP contribution is 2.11. The molecule has 0 aliphatic heterocycles. The van der Waals surface area contributed by atoms with Crippen LogP contribution in [0.1, 0.15) is 25.8 Å². The number of hydrogen-bond donors (Lipinski definition) is 3. The second kappa shape index (κ2) is 7.63. The van der Waals surface area contributed by atoms with Crippen molar-refractivity contribution in [3.8, 4) is 5.75 Å². The first kappa shape index (κ1) is 15.3. The molecule has 0 saturated carbocycles. The zero-order valence-corrected chi connectivity index (χ0v) is 11.8. The van der Waals surface area contributed by atoms with Gasteiger partial charge in [-0.1, -0.05) is 22.9 Å². The first-order chi connectivity index (χ1) is 9.01. The van der Waals surface area contributed by atoms with Gasteiger partial charge in [-0.25, -0.2) is 0 Å². The summed E-state index contributed by atoms with van der Waals surface area (Å²) < 4.78 is 5.68. The molecule has 0 radical (unpaired) electrons. The summed E-state index contributed by atoms with van der Waals surface area (Å²) in [5.41, 5.74) is 6.67. The number of benzene rings is 1. The highest BCUT2D eigenvalue weighted by Gasteiger charge is 2.09. The number of amidine groups is 1. The van der Waals surface area contributed by atoms with Gasteiger partial charge in [0.15, 0.2) is 0 Å². The molecule has 0 aliphatic carbocycles. The molecule has 1 rings (SSSR count). The Morgan fingerprint density at radius 1 is 1.32 bits per heavy atom. The average Bonchev–Trinajstić information content (AvgIpc) is 2.37. The lowest BCUT2D eigenvalue weighted by Gasteiger charge is -2.20. The van der Waals surface area contributed by atoms with E-state index >= 15 is 0 Å². The van der Waals surface area contributed by atoms with E-state index in [4.69, 9.17) is 15.7 Å². The van der Waals surface area contributed by atoms with Crippen LogP contribution in [0.25, 0.3) is 0 Å². The van der Waals surface area contributed by atoms with E-state index < -0.39 is 0 Å². The Kier molecular flexibility index (Phi) is 6.15. The molecular formula is C14H23N3O2. The molecular weight excluding hydrogens is 242 g/mol. The minimum absolute atomic E-state index is 0.132. The second-order valence-electron chi connectivity index (χ2n) is 4.89. The molecule has 19 heavy (non-hydrogen) atoms. The van der Waals surface area contributed by atoms with E-state index in [1.165, 1.54) is 5.56 Å². The monoisotopic (exact) mass is 265 g/mol. The molecule has 0 aliphatic rings. The van der Waals surface area contributed by atoms with Crippen LogP contribution >= 0.6 is 0 Å². The summed E-state index contributed by atoms with van der Waals surface area (Å²) in [4.78, 5) is 0. The highest BCUT2D eigenvalue weighted by atomic mass is 16.5. The molecule has 1 aromatic rings. The summed E-state index contributed by atoms with van der Waals surface area (Å²) >= 11 is 0. The molecule has 0 bridgehead atoms. The van der Waals surface area contributed by atoms with E-state index in [0.717, 1.165) is 5.75 Å². The van der Waals surface area contributed by atoms with Gasteiger partial charge in [0.1, 0.15) is 18.2 Å². The Morgan fingerprint density at radius 3 is 2.53 bits per heavy atom. The SMILES string of the molecule is Cc1ccc(OCC(C)NC(C)CC(N)=NO)cc1. The number of nitrogens with one attached hydrogen (secondary N) is 1. The van der Waals surface area contributed by atoms with Gasteiger partial charge in [0.2, 0.25) is 0 Å². The number of ether oxygens (including phenoxy) is 1. The fourth-order valence-electron chi connectivity index (χ4n) is 1.80. The Balaban J connectivity index is 2.31. The van der Waals surface area contributed by atoms with Gasteiger partial charge < -0.3 is 21.0 Å². The predicted octanol–water partition coefficient (Wildman–Crippen LogP) is 1.88. The van der Waals surface area contributed by atoms with Crippen molar-refractivity contribution in [2.75, 3.05) is 6.61 Å². The van der Waals surface area contributed by atoms with Gasteiger partial charge in [0.05, 0.1) is 0 Å². The fraction of sp³-hybridized carbons (Fsp3) is 0.500. The quantitative estimate of drug-likeness (QED) is 0.304. The van der Waals surface area contributed by atoms with Gasteiger partial charge in [0.25, 0.3) is 0 Å². The summed E-state index contributed by atoms with van der Waals surface area (Å²) in [5, 5.41) is 14.8. The van der Waals surface area contributed by atoms with Crippen molar-refractivity contribution < 1.29 is 9.94 Å². The number of nitrogens with two attached hydrogens (primary N) is 1. The van der Waals surface area contributed by atoms with Crippen LogP contribution in [0.5, 0.6) is 5.75 Å². The summed E-state index contributed by atoms with van der Waals surface area (Å²) in [6.07, 6.45) is 0.505. The summed E-state index contributed by atoms with van der Waals surface area (Å²) in [6.45, 7) is 6.64. The number of hydrogen-bond acceptors (Lipinski definition) is 4. The van der Waals surface area contributed by atoms with Crippen LogP contribution < -0.4 is 15.8 Å². The smallest absolute Gasteiger partial charge is 0.140 e. The van der Waals surface area contributed by atoms with Crippen molar-refractivity contribution in [1.82, 2.24) is 5.32 Å². The van der Waals surface area contributed by atoms with Crippen LogP contribution in [0.4, 0.5) is 0 Å². The highest BCUT2D eigenvalue weighted by molar-refractivity contribution is 5.80. The Hall–Kier alpha value is -1.75. The number of nitrogens with zero attached hydrogens (tertiary/aromatic N) is 1. The van der Waals surface area contributed by atoms with Crippen molar-refractivity contribution in [3.63, 3.8) is 0 Å². The lowest BCUT2D eigenvalue weighted by molar-refractivity contribution is 0.263. The minimum Gasteiger partial charge on any atom is -0.492 e. The second-order valence-corrected chi connectivity index (χ2v) is 4.89. The first-order valence-corrected chi connectivity index (χ1v) is 6.43. The van der Waals surface area contributed by atoms with Gasteiger partial charge in [-0.3, -0.25) is 0 Å². The third kappa shape index (κ3) is 6.10. The molecule has 0 saturated heterocycles. The summed E-state index contributed by atoms with van der Waals surface area (Å²) in [6, 6.07) is 8.28. The van der Waals surface area contributed by atoms with Gasteiger partial charge in [-0.05, 0) is 32.9 Å². The van der Waals surface area contributed by atoms with E-state index in [1.54, 1.807) is 0 Å². The maximum atomic E-state index is 8.50. The first-order valence-electron chi connectivity index (χ1n) is 6.43. The maximum absolute atomic E-state index is 8.50. The van der Waals surface area contributed by atoms with Crippen LogP contribution in [0, 0.1) is 6.92 Å². The summed E-state index contributed by atoms with van der Waals surface area (Å²) in [5.74, 6) is 1.09. The van der Waals surface area contributed by atoms with Crippen LogP contribution in [0.15, 0.2) is 29.4 Å². The third-order valence-corrected chi connectivity index (χ3v) is 2.73. The molecule has 4 N–H and O–H groups in total. The molecule has 0 spiro atoms. The van der Waals surface area contributed by atoms with E-state index in [-0.39, 0.29) is 17.9 Å². The molecule has 0 heterocycles. The molecule has 2 atom stereocenters. The van der Waals surface area contributed by atoms with E-state index in [2.05, 4.69) is 10.5 Å². The van der Waals surface area contributed by atoms with Gasteiger partial charge in [-0.2, -0.15) is 0 Å². The number of aryl methyl sites for hydroxylation is 1. The standard InChI is InChI=1S/C14H23N3O2/c1-10-4-6-13(7-5-10)19-9-12(3)16-11(2)8-14(15)17-18/h4-7,11-12,16,18H,8-9H2,1-3H3,(H2,15,17). The van der Waals surface area contributed by atoms with Crippen LogP contribution in [-0.2, 0) is 0 Å². The number of rotatable bonds is 7. The molecule has 0 aromatic heterocycles. The van der Waals surface area contributed by atoms with Crippen molar-refractivity contribution >= 4 is 5.84 Å². The van der Waals surface area contributed by atoms with Crippen LogP contribution in [-0.4, -0.2) is 29.7 Å². The van der Waals surface area contributed by atoms with Crippen LogP contribution in [0.2, 0.25) is 0 Å². The Morgan fingerprint density at radius 2 is 1.95 bits per heavy atom. The van der Waals surface area contributed by atoms with Gasteiger partial charge >= 0.3 is 0 Å². The topological polar surface area (TPSA) is 79.9 Å². The Bertz CT molecular complexity index is 404. The average molecular weight is 265 g/mol. The fourth-order valence-corrected chi connectivity index (χ4v) is 1.80. The largest absolute Gasteiger partial charge is 0.492 e. The molecule has 0 amide bonds.